The highest BCUT2D eigenvalue weighted by atomic mass is 32.1. The van der Waals surface area contributed by atoms with Crippen molar-refractivity contribution in [1.29, 1.82) is 0 Å². The average molecular weight is 326 g/mol. The van der Waals surface area contributed by atoms with Gasteiger partial charge in [-0.25, -0.2) is 0 Å². The van der Waals surface area contributed by atoms with Gasteiger partial charge in [0, 0.05) is 18.0 Å². The summed E-state index contributed by atoms with van der Waals surface area (Å²) in [5.74, 6) is -0.356. The Hall–Kier alpha value is -2.40. The van der Waals surface area contributed by atoms with E-state index in [4.69, 9.17) is 0 Å². The number of nitrogens with one attached hydrogen (secondary N) is 2. The highest BCUT2D eigenvalue weighted by Gasteiger charge is 2.26. The lowest BCUT2D eigenvalue weighted by molar-refractivity contribution is -0.111. The van der Waals surface area contributed by atoms with E-state index in [0.29, 0.717) is 10.6 Å². The number of rotatable bonds is 4. The number of anilines is 1. The van der Waals surface area contributed by atoms with Crippen LogP contribution in [-0.4, -0.2) is 18.9 Å². The molecule has 0 spiro atoms. The van der Waals surface area contributed by atoms with Crippen molar-refractivity contribution in [3.8, 4) is 0 Å². The minimum absolute atomic E-state index is 0.133. The van der Waals surface area contributed by atoms with Gasteiger partial charge in [0.25, 0.3) is 5.91 Å². The van der Waals surface area contributed by atoms with Crippen LogP contribution in [0.3, 0.4) is 0 Å². The van der Waals surface area contributed by atoms with E-state index in [1.165, 1.54) is 22.3 Å². The largest absolute Gasteiger partial charge is 0.355 e. The molecule has 2 aromatic rings. The van der Waals surface area contributed by atoms with Gasteiger partial charge in [0.05, 0.1) is 5.56 Å². The van der Waals surface area contributed by atoms with Crippen LogP contribution in [-0.2, 0) is 17.6 Å². The third kappa shape index (κ3) is 3.35. The molecule has 1 aromatic heterocycles. The van der Waals surface area contributed by atoms with Crippen molar-refractivity contribution >= 4 is 34.2 Å². The molecular weight excluding hydrogens is 308 g/mol. The average Bonchev–Trinajstić information content (AvgIpc) is 3.14. The van der Waals surface area contributed by atoms with E-state index in [1.807, 2.05) is 30.3 Å². The minimum atomic E-state index is -0.223. The number of benzene rings is 1. The third-order valence-corrected chi connectivity index (χ3v) is 5.05. The first kappa shape index (κ1) is 15.5. The Morgan fingerprint density at radius 3 is 2.70 bits per heavy atom. The Morgan fingerprint density at radius 1 is 1.17 bits per heavy atom. The van der Waals surface area contributed by atoms with Crippen molar-refractivity contribution < 1.29 is 9.59 Å². The predicted molar refractivity (Wildman–Crippen MR) is 93.8 cm³/mol. The molecule has 0 saturated heterocycles. The Bertz CT molecular complexity index is 763. The summed E-state index contributed by atoms with van der Waals surface area (Å²) in [5.41, 5.74) is 2.69. The Morgan fingerprint density at radius 2 is 1.96 bits per heavy atom. The van der Waals surface area contributed by atoms with Crippen molar-refractivity contribution in [3.05, 3.63) is 58.0 Å². The highest BCUT2D eigenvalue weighted by molar-refractivity contribution is 7.17. The second kappa shape index (κ2) is 6.79. The van der Waals surface area contributed by atoms with E-state index in [9.17, 15) is 9.59 Å². The number of hydrogen-bond donors (Lipinski definition) is 2. The summed E-state index contributed by atoms with van der Waals surface area (Å²) in [7, 11) is 1.61. The second-order valence-electron chi connectivity index (χ2n) is 5.37. The zero-order chi connectivity index (χ0) is 16.2. The van der Waals surface area contributed by atoms with E-state index in [1.54, 1.807) is 13.1 Å². The van der Waals surface area contributed by atoms with Crippen LogP contribution >= 0.6 is 11.3 Å². The van der Waals surface area contributed by atoms with Gasteiger partial charge in [-0.15, -0.1) is 11.3 Å². The summed E-state index contributed by atoms with van der Waals surface area (Å²) < 4.78 is 0. The Balaban J connectivity index is 1.79. The molecule has 0 bridgehead atoms. The molecule has 0 radical (unpaired) electrons. The van der Waals surface area contributed by atoms with Crippen LogP contribution in [0.25, 0.3) is 6.08 Å². The maximum absolute atomic E-state index is 12.2. The van der Waals surface area contributed by atoms with Crippen molar-refractivity contribution in [2.45, 2.75) is 19.3 Å². The molecule has 5 heteroatoms. The molecule has 118 valence electrons. The zero-order valence-corrected chi connectivity index (χ0v) is 13.7. The summed E-state index contributed by atoms with van der Waals surface area (Å²) in [6.07, 6.45) is 6.22. The van der Waals surface area contributed by atoms with Gasteiger partial charge in [-0.3, -0.25) is 9.59 Å². The van der Waals surface area contributed by atoms with Crippen molar-refractivity contribution in [3.63, 3.8) is 0 Å². The third-order valence-electron chi connectivity index (χ3n) is 3.84. The zero-order valence-electron chi connectivity index (χ0n) is 12.9. The molecule has 1 heterocycles. The number of aryl methyl sites for hydroxylation is 1. The lowest BCUT2D eigenvalue weighted by Gasteiger charge is -2.05. The number of fused-ring (bicyclic) bond motifs is 1. The van der Waals surface area contributed by atoms with Crippen molar-refractivity contribution in [2.24, 2.45) is 0 Å². The minimum Gasteiger partial charge on any atom is -0.355 e. The van der Waals surface area contributed by atoms with Gasteiger partial charge < -0.3 is 10.6 Å². The Labute approximate surface area is 139 Å². The fourth-order valence-corrected chi connectivity index (χ4v) is 4.04. The van der Waals surface area contributed by atoms with Gasteiger partial charge in [0.2, 0.25) is 5.91 Å². The molecule has 0 saturated carbocycles. The summed E-state index contributed by atoms with van der Waals surface area (Å²) in [5, 5.41) is 6.17. The first-order valence-corrected chi connectivity index (χ1v) is 8.41. The fourth-order valence-electron chi connectivity index (χ4n) is 2.75. The van der Waals surface area contributed by atoms with Crippen LogP contribution < -0.4 is 10.6 Å². The molecule has 0 atom stereocenters. The normalized spacial score (nSPS) is 13.1. The standard InChI is InChI=1S/C18H18N2O2S/c1-19-17(22)16-13-8-5-9-14(13)23-18(16)20-15(21)11-10-12-6-3-2-4-7-12/h2-4,6-7,10-11H,5,8-9H2,1H3,(H,19,22)(H,20,21)/b11-10+. The van der Waals surface area contributed by atoms with Gasteiger partial charge in [-0.05, 0) is 36.5 Å². The van der Waals surface area contributed by atoms with Crippen LogP contribution in [0.1, 0.15) is 32.8 Å². The molecule has 0 fully saturated rings. The molecule has 0 unspecified atom stereocenters. The maximum atomic E-state index is 12.2. The van der Waals surface area contributed by atoms with Gasteiger partial charge in [0.1, 0.15) is 5.00 Å². The van der Waals surface area contributed by atoms with E-state index in [0.717, 1.165) is 30.4 Å². The van der Waals surface area contributed by atoms with Crippen molar-refractivity contribution in [2.75, 3.05) is 12.4 Å². The van der Waals surface area contributed by atoms with Crippen molar-refractivity contribution in [1.82, 2.24) is 5.32 Å². The number of carbonyl (C=O) groups is 2. The molecule has 4 nitrogen and oxygen atoms in total. The quantitative estimate of drug-likeness (QED) is 0.847. The predicted octanol–water partition coefficient (Wildman–Crippen LogP) is 3.25. The van der Waals surface area contributed by atoms with Gasteiger partial charge in [-0.1, -0.05) is 30.3 Å². The molecule has 1 aromatic carbocycles. The first-order chi connectivity index (χ1) is 11.2. The fraction of sp³-hybridized carbons (Fsp3) is 0.222. The maximum Gasteiger partial charge on any atom is 0.254 e. The number of carbonyl (C=O) groups excluding carboxylic acids is 2. The summed E-state index contributed by atoms with van der Waals surface area (Å²) in [6.45, 7) is 0. The summed E-state index contributed by atoms with van der Waals surface area (Å²) in [4.78, 5) is 25.5. The SMILES string of the molecule is CNC(=O)c1c(NC(=O)/C=C/c2ccccc2)sc2c1CCC2. The molecule has 1 aliphatic rings. The molecule has 2 N–H and O–H groups in total. The Kier molecular flexibility index (Phi) is 4.57. The number of amides is 2. The molecule has 3 rings (SSSR count). The molecule has 0 aliphatic heterocycles. The van der Waals surface area contributed by atoms with Gasteiger partial charge in [-0.2, -0.15) is 0 Å². The number of thiophene rings is 1. The van der Waals surface area contributed by atoms with Gasteiger partial charge >= 0.3 is 0 Å². The van der Waals surface area contributed by atoms with Gasteiger partial charge in [0.15, 0.2) is 0 Å². The summed E-state index contributed by atoms with van der Waals surface area (Å²) in [6, 6.07) is 9.63. The molecular formula is C18H18N2O2S. The van der Waals surface area contributed by atoms with Crippen LogP contribution in [0.4, 0.5) is 5.00 Å². The lowest BCUT2D eigenvalue weighted by Crippen LogP contribution is -2.21. The summed E-state index contributed by atoms with van der Waals surface area (Å²) >= 11 is 1.52. The highest BCUT2D eigenvalue weighted by Crippen LogP contribution is 2.39. The first-order valence-electron chi connectivity index (χ1n) is 7.59. The monoisotopic (exact) mass is 326 g/mol. The molecule has 1 aliphatic carbocycles. The van der Waals surface area contributed by atoms with Crippen LogP contribution in [0.2, 0.25) is 0 Å². The van der Waals surface area contributed by atoms with Crippen LogP contribution in [0.5, 0.6) is 0 Å². The second-order valence-corrected chi connectivity index (χ2v) is 6.48. The topological polar surface area (TPSA) is 58.2 Å². The van der Waals surface area contributed by atoms with E-state index in [-0.39, 0.29) is 11.8 Å². The van der Waals surface area contributed by atoms with E-state index < -0.39 is 0 Å². The molecule has 23 heavy (non-hydrogen) atoms. The van der Waals surface area contributed by atoms with E-state index >= 15 is 0 Å². The van der Waals surface area contributed by atoms with Crippen LogP contribution in [0.15, 0.2) is 36.4 Å². The lowest BCUT2D eigenvalue weighted by atomic mass is 10.1. The molecule has 2 amide bonds. The smallest absolute Gasteiger partial charge is 0.254 e. The van der Waals surface area contributed by atoms with Crippen LogP contribution in [0, 0.1) is 0 Å². The number of hydrogen-bond acceptors (Lipinski definition) is 3. The van der Waals surface area contributed by atoms with E-state index in [2.05, 4.69) is 10.6 Å².